The zero-order chi connectivity index (χ0) is 14.0. The highest BCUT2D eigenvalue weighted by atomic mass is 127. The fraction of sp³-hybridized carbons (Fsp3) is 0.933. The van der Waals surface area contributed by atoms with Crippen molar-refractivity contribution >= 4 is 29.9 Å². The molecule has 1 saturated carbocycles. The molecule has 0 amide bonds. The summed E-state index contributed by atoms with van der Waals surface area (Å²) in [6.45, 7) is 8.03. The number of guanidine groups is 1. The molecule has 0 saturated heterocycles. The molecule has 0 aromatic carbocycles. The van der Waals surface area contributed by atoms with Gasteiger partial charge in [0.2, 0.25) is 0 Å². The standard InChI is InChI=1S/C15H31N3O.HI/c1-4-6-11-17-14(16-5-2)18-13-15(8-7-9-15)10-12-19-3;/h4-13H2,1-3H3,(H2,16,17,18);1H. The van der Waals surface area contributed by atoms with E-state index < -0.39 is 0 Å². The highest BCUT2D eigenvalue weighted by molar-refractivity contribution is 14.0. The third kappa shape index (κ3) is 7.11. The first kappa shape index (κ1) is 20.0. The Labute approximate surface area is 141 Å². The van der Waals surface area contributed by atoms with Crippen LogP contribution in [0.1, 0.15) is 52.4 Å². The second kappa shape index (κ2) is 11.6. The van der Waals surface area contributed by atoms with Crippen molar-refractivity contribution in [3.05, 3.63) is 0 Å². The minimum atomic E-state index is 0. The summed E-state index contributed by atoms with van der Waals surface area (Å²) in [7, 11) is 1.78. The third-order valence-electron chi connectivity index (χ3n) is 3.99. The summed E-state index contributed by atoms with van der Waals surface area (Å²) in [5.41, 5.74) is 0.406. The molecule has 0 heterocycles. The van der Waals surface area contributed by atoms with Crippen molar-refractivity contribution in [3.8, 4) is 0 Å². The lowest BCUT2D eigenvalue weighted by Gasteiger charge is -2.40. The van der Waals surface area contributed by atoms with Gasteiger partial charge in [0.25, 0.3) is 0 Å². The van der Waals surface area contributed by atoms with Gasteiger partial charge in [0.15, 0.2) is 5.96 Å². The van der Waals surface area contributed by atoms with Gasteiger partial charge in [-0.3, -0.25) is 4.99 Å². The van der Waals surface area contributed by atoms with Crippen molar-refractivity contribution in [2.45, 2.75) is 52.4 Å². The largest absolute Gasteiger partial charge is 0.385 e. The van der Waals surface area contributed by atoms with E-state index in [4.69, 9.17) is 9.73 Å². The van der Waals surface area contributed by atoms with Crippen LogP contribution in [0.2, 0.25) is 0 Å². The van der Waals surface area contributed by atoms with Crippen molar-refractivity contribution in [2.24, 2.45) is 10.4 Å². The lowest BCUT2D eigenvalue weighted by Crippen LogP contribution is -2.40. The van der Waals surface area contributed by atoms with Crippen LogP contribution in [0.25, 0.3) is 0 Å². The number of halogens is 1. The van der Waals surface area contributed by atoms with Crippen LogP contribution in [-0.4, -0.2) is 39.3 Å². The molecule has 0 aliphatic heterocycles. The van der Waals surface area contributed by atoms with Gasteiger partial charge >= 0.3 is 0 Å². The highest BCUT2D eigenvalue weighted by Gasteiger charge is 2.36. The quantitative estimate of drug-likeness (QED) is 0.272. The third-order valence-corrected chi connectivity index (χ3v) is 3.99. The Morgan fingerprint density at radius 2 is 2.00 bits per heavy atom. The van der Waals surface area contributed by atoms with Crippen LogP contribution >= 0.6 is 24.0 Å². The molecule has 0 unspecified atom stereocenters. The Morgan fingerprint density at radius 3 is 2.50 bits per heavy atom. The number of hydrogen-bond donors (Lipinski definition) is 2. The molecular formula is C15H32IN3O. The van der Waals surface area contributed by atoms with E-state index in [0.717, 1.165) is 38.6 Å². The number of hydrogen-bond acceptors (Lipinski definition) is 2. The summed E-state index contributed by atoms with van der Waals surface area (Å²) >= 11 is 0. The van der Waals surface area contributed by atoms with Crippen molar-refractivity contribution in [3.63, 3.8) is 0 Å². The van der Waals surface area contributed by atoms with E-state index in [1.807, 2.05) is 0 Å². The molecule has 0 bridgehead atoms. The first-order valence-electron chi connectivity index (χ1n) is 7.77. The number of nitrogens with one attached hydrogen (secondary N) is 2. The summed E-state index contributed by atoms with van der Waals surface area (Å²) < 4.78 is 5.23. The molecule has 120 valence electrons. The van der Waals surface area contributed by atoms with E-state index in [-0.39, 0.29) is 24.0 Å². The van der Waals surface area contributed by atoms with Crippen LogP contribution in [-0.2, 0) is 4.74 Å². The molecule has 1 fully saturated rings. The Balaban J connectivity index is 0.00000361. The van der Waals surface area contributed by atoms with Gasteiger partial charge in [-0.2, -0.15) is 0 Å². The van der Waals surface area contributed by atoms with Crippen LogP contribution in [0, 0.1) is 5.41 Å². The van der Waals surface area contributed by atoms with E-state index in [9.17, 15) is 0 Å². The van der Waals surface area contributed by atoms with Crippen LogP contribution in [0.4, 0.5) is 0 Å². The lowest BCUT2D eigenvalue weighted by molar-refractivity contribution is 0.0778. The first-order valence-corrected chi connectivity index (χ1v) is 7.77. The van der Waals surface area contributed by atoms with E-state index in [1.54, 1.807) is 7.11 Å². The molecule has 1 rings (SSSR count). The molecule has 1 aliphatic rings. The number of unbranched alkanes of at least 4 members (excludes halogenated alkanes) is 1. The molecule has 1 aliphatic carbocycles. The Morgan fingerprint density at radius 1 is 1.25 bits per heavy atom. The second-order valence-corrected chi connectivity index (χ2v) is 5.57. The molecular weight excluding hydrogens is 365 g/mol. The summed E-state index contributed by atoms with van der Waals surface area (Å²) in [4.78, 5) is 4.77. The smallest absolute Gasteiger partial charge is 0.191 e. The molecule has 0 spiro atoms. The topological polar surface area (TPSA) is 45.7 Å². The molecule has 0 aromatic rings. The Hall–Kier alpha value is -0.0400. The molecule has 20 heavy (non-hydrogen) atoms. The number of nitrogens with zero attached hydrogens (tertiary/aromatic N) is 1. The number of methoxy groups -OCH3 is 1. The Bertz CT molecular complexity index is 268. The maximum Gasteiger partial charge on any atom is 0.191 e. The van der Waals surface area contributed by atoms with Gasteiger partial charge in [-0.25, -0.2) is 0 Å². The average Bonchev–Trinajstić information content (AvgIpc) is 2.37. The average molecular weight is 397 g/mol. The summed E-state index contributed by atoms with van der Waals surface area (Å²) in [6, 6.07) is 0. The molecule has 0 aromatic heterocycles. The minimum absolute atomic E-state index is 0. The number of ether oxygens (including phenoxy) is 1. The first-order chi connectivity index (χ1) is 9.26. The maximum atomic E-state index is 5.23. The monoisotopic (exact) mass is 397 g/mol. The van der Waals surface area contributed by atoms with Gasteiger partial charge in [0.05, 0.1) is 0 Å². The van der Waals surface area contributed by atoms with Gasteiger partial charge < -0.3 is 15.4 Å². The van der Waals surface area contributed by atoms with Crippen LogP contribution < -0.4 is 10.6 Å². The number of aliphatic imine (C=N–C) groups is 1. The second-order valence-electron chi connectivity index (χ2n) is 5.57. The van der Waals surface area contributed by atoms with Crippen LogP contribution in [0.15, 0.2) is 4.99 Å². The van der Waals surface area contributed by atoms with E-state index in [1.165, 1.54) is 32.1 Å². The van der Waals surface area contributed by atoms with Gasteiger partial charge in [0.1, 0.15) is 0 Å². The summed E-state index contributed by atoms with van der Waals surface area (Å²) in [5.74, 6) is 0.972. The van der Waals surface area contributed by atoms with Gasteiger partial charge in [-0.15, -0.1) is 24.0 Å². The van der Waals surface area contributed by atoms with Gasteiger partial charge in [0, 0.05) is 33.4 Å². The zero-order valence-electron chi connectivity index (χ0n) is 13.3. The fourth-order valence-corrected chi connectivity index (χ4v) is 2.45. The maximum absolute atomic E-state index is 5.23. The van der Waals surface area contributed by atoms with Crippen molar-refractivity contribution in [2.75, 3.05) is 33.4 Å². The minimum Gasteiger partial charge on any atom is -0.385 e. The highest BCUT2D eigenvalue weighted by Crippen LogP contribution is 2.44. The molecule has 2 N–H and O–H groups in total. The predicted molar refractivity (Wildman–Crippen MR) is 97.1 cm³/mol. The normalized spacial score (nSPS) is 17.1. The van der Waals surface area contributed by atoms with E-state index in [2.05, 4.69) is 24.5 Å². The predicted octanol–water partition coefficient (Wildman–Crippen LogP) is 3.17. The Kier molecular flexibility index (Phi) is 11.6. The van der Waals surface area contributed by atoms with Gasteiger partial charge in [-0.1, -0.05) is 19.8 Å². The molecule has 5 heteroatoms. The zero-order valence-corrected chi connectivity index (χ0v) is 15.7. The summed E-state index contributed by atoms with van der Waals surface area (Å²) in [5, 5.41) is 6.73. The van der Waals surface area contributed by atoms with Crippen molar-refractivity contribution < 1.29 is 4.74 Å². The summed E-state index contributed by atoms with van der Waals surface area (Å²) in [6.07, 6.45) is 7.49. The van der Waals surface area contributed by atoms with Crippen LogP contribution in [0.3, 0.4) is 0 Å². The van der Waals surface area contributed by atoms with Gasteiger partial charge in [-0.05, 0) is 38.0 Å². The van der Waals surface area contributed by atoms with Crippen LogP contribution in [0.5, 0.6) is 0 Å². The fourth-order valence-electron chi connectivity index (χ4n) is 2.45. The molecule has 0 atom stereocenters. The molecule has 0 radical (unpaired) electrons. The van der Waals surface area contributed by atoms with Crippen molar-refractivity contribution in [1.29, 1.82) is 0 Å². The van der Waals surface area contributed by atoms with E-state index in [0.29, 0.717) is 5.41 Å². The van der Waals surface area contributed by atoms with E-state index >= 15 is 0 Å². The van der Waals surface area contributed by atoms with Crippen molar-refractivity contribution in [1.82, 2.24) is 10.6 Å². The SMILES string of the molecule is CCCCNC(=NCC1(CCOC)CCC1)NCC.I. The lowest BCUT2D eigenvalue weighted by atomic mass is 9.67. The molecule has 4 nitrogen and oxygen atoms in total. The number of rotatable bonds is 9.